The second-order valence-electron chi connectivity index (χ2n) is 3.30. The van der Waals surface area contributed by atoms with Gasteiger partial charge < -0.3 is 4.74 Å². The zero-order valence-corrected chi connectivity index (χ0v) is 9.59. The van der Waals surface area contributed by atoms with E-state index in [1.165, 1.54) is 6.07 Å². The Kier molecular flexibility index (Phi) is 4.41. The molecule has 0 unspecified atom stereocenters. The summed E-state index contributed by atoms with van der Waals surface area (Å²) in [5.41, 5.74) is -2.95. The maximum Gasteiger partial charge on any atom is 0.311 e. The molecule has 0 N–H and O–H groups in total. The van der Waals surface area contributed by atoms with Gasteiger partial charge in [-0.15, -0.1) is 0 Å². The second kappa shape index (κ2) is 5.81. The van der Waals surface area contributed by atoms with Crippen molar-refractivity contribution in [3.8, 4) is 6.07 Å². The van der Waals surface area contributed by atoms with E-state index in [1.54, 1.807) is 0 Å². The number of carbonyl (C=O) groups excluding carboxylic acids is 1. The molecule has 0 fully saturated rings. The van der Waals surface area contributed by atoms with Crippen LogP contribution >= 0.6 is 0 Å². The number of esters is 1. The summed E-state index contributed by atoms with van der Waals surface area (Å²) in [4.78, 5) is 24.1. The van der Waals surface area contributed by atoms with Crippen molar-refractivity contribution < 1.29 is 23.2 Å². The first-order chi connectivity index (χ1) is 8.92. The lowest BCUT2D eigenvalue weighted by Crippen LogP contribution is -2.11. The van der Waals surface area contributed by atoms with Gasteiger partial charge in [-0.1, -0.05) is 0 Å². The van der Waals surface area contributed by atoms with Crippen LogP contribution in [0.1, 0.15) is 23.2 Å². The van der Waals surface area contributed by atoms with Crippen LogP contribution in [0, 0.1) is 21.4 Å². The summed E-state index contributed by atoms with van der Waals surface area (Å²) in [5.74, 6) is -0.793. The van der Waals surface area contributed by atoms with Crippen LogP contribution in [0.4, 0.5) is 14.5 Å². The summed E-state index contributed by atoms with van der Waals surface area (Å²) in [5, 5.41) is 19.5. The molecule has 7 nitrogen and oxygen atoms in total. The molecule has 1 heterocycles. The average Bonchev–Trinajstić information content (AvgIpc) is 2.37. The minimum Gasteiger partial charge on any atom is -0.469 e. The molecule has 9 heteroatoms. The maximum atomic E-state index is 12.8. The van der Waals surface area contributed by atoms with Crippen molar-refractivity contribution >= 4 is 11.7 Å². The number of hydrogen-bond acceptors (Lipinski definition) is 6. The number of nitro groups is 1. The number of rotatable bonds is 4. The number of ether oxygens (including phenoxy) is 1. The first kappa shape index (κ1) is 14.4. The van der Waals surface area contributed by atoms with Gasteiger partial charge >= 0.3 is 5.97 Å². The van der Waals surface area contributed by atoms with Gasteiger partial charge in [0.15, 0.2) is 0 Å². The number of carbonyl (C=O) groups is 1. The summed E-state index contributed by atoms with van der Waals surface area (Å²) in [6.07, 6.45) is -3.15. The lowest BCUT2D eigenvalue weighted by atomic mass is 10.0. The second-order valence-corrected chi connectivity index (χ2v) is 3.30. The molecule has 0 atom stereocenters. The summed E-state index contributed by atoms with van der Waals surface area (Å²) in [6, 6.07) is 1.42. The lowest BCUT2D eigenvalue weighted by molar-refractivity contribution is -0.386. The van der Waals surface area contributed by atoms with E-state index in [0.717, 1.165) is 7.11 Å². The van der Waals surface area contributed by atoms with Crippen LogP contribution in [-0.2, 0) is 16.0 Å². The molecular formula is C10H7F2N3O4. The van der Waals surface area contributed by atoms with Crippen molar-refractivity contribution in [1.29, 1.82) is 5.26 Å². The molecule has 1 aromatic rings. The molecule has 0 aliphatic heterocycles. The number of hydrogen-bond donors (Lipinski definition) is 0. The van der Waals surface area contributed by atoms with Gasteiger partial charge in [-0.2, -0.15) is 5.26 Å². The summed E-state index contributed by atoms with van der Waals surface area (Å²) < 4.78 is 30.0. The predicted octanol–water partition coefficient (Wildman–Crippen LogP) is 1.51. The first-order valence-corrected chi connectivity index (χ1v) is 4.83. The highest BCUT2D eigenvalue weighted by Gasteiger charge is 2.29. The largest absolute Gasteiger partial charge is 0.469 e. The Labute approximate surface area is 105 Å². The van der Waals surface area contributed by atoms with Gasteiger partial charge in [0.25, 0.3) is 12.1 Å². The quantitative estimate of drug-likeness (QED) is 0.466. The van der Waals surface area contributed by atoms with E-state index < -0.39 is 40.6 Å². The van der Waals surface area contributed by atoms with Crippen molar-refractivity contribution in [1.82, 2.24) is 4.98 Å². The highest BCUT2D eigenvalue weighted by Crippen LogP contribution is 2.32. The maximum absolute atomic E-state index is 12.8. The monoisotopic (exact) mass is 271 g/mol. The minimum absolute atomic E-state index is 0.282. The Morgan fingerprint density at radius 3 is 2.74 bits per heavy atom. The van der Waals surface area contributed by atoms with Gasteiger partial charge in [-0.3, -0.25) is 19.9 Å². The number of pyridine rings is 1. The topological polar surface area (TPSA) is 106 Å². The smallest absolute Gasteiger partial charge is 0.311 e. The number of halogens is 2. The van der Waals surface area contributed by atoms with E-state index in [2.05, 4.69) is 9.72 Å². The molecule has 1 aromatic heterocycles. The molecule has 0 aromatic carbocycles. The predicted molar refractivity (Wildman–Crippen MR) is 56.3 cm³/mol. The van der Waals surface area contributed by atoms with Gasteiger partial charge in [0.05, 0.1) is 29.7 Å². The van der Waals surface area contributed by atoms with Gasteiger partial charge in [0.2, 0.25) is 0 Å². The standard InChI is InChI=1S/C10H7F2N3O4/c1-19-8(16)2-6-5(3-13)9(10(11)12)7(4-14-6)15(17)18/h4,10H,2H2,1H3. The zero-order valence-electron chi connectivity index (χ0n) is 9.59. The molecule has 1 rings (SSSR count). The molecule has 0 saturated heterocycles. The van der Waals surface area contributed by atoms with Crippen LogP contribution in [0.25, 0.3) is 0 Å². The third-order valence-electron chi connectivity index (χ3n) is 2.24. The molecule has 0 saturated carbocycles. The van der Waals surface area contributed by atoms with Gasteiger partial charge in [0.1, 0.15) is 17.8 Å². The number of nitriles is 1. The molecular weight excluding hydrogens is 264 g/mol. The average molecular weight is 271 g/mol. The Morgan fingerprint density at radius 1 is 1.68 bits per heavy atom. The number of nitrogens with zero attached hydrogens (tertiary/aromatic N) is 3. The molecule has 0 aliphatic rings. The molecule has 0 radical (unpaired) electrons. The Bertz CT molecular complexity index is 569. The number of aromatic nitrogens is 1. The van der Waals surface area contributed by atoms with E-state index in [4.69, 9.17) is 5.26 Å². The lowest BCUT2D eigenvalue weighted by Gasteiger charge is -2.07. The van der Waals surface area contributed by atoms with Crippen molar-refractivity contribution in [3.05, 3.63) is 33.1 Å². The third kappa shape index (κ3) is 2.98. The molecule has 0 spiro atoms. The minimum atomic E-state index is -3.23. The fourth-order valence-corrected chi connectivity index (χ4v) is 1.39. The third-order valence-corrected chi connectivity index (χ3v) is 2.24. The summed E-state index contributed by atoms with van der Waals surface area (Å²) in [6.45, 7) is 0. The Balaban J connectivity index is 3.46. The van der Waals surface area contributed by atoms with Crippen molar-refractivity contribution in [2.45, 2.75) is 12.8 Å². The highest BCUT2D eigenvalue weighted by atomic mass is 19.3. The van der Waals surface area contributed by atoms with E-state index in [1.807, 2.05) is 0 Å². The molecule has 19 heavy (non-hydrogen) atoms. The van der Waals surface area contributed by atoms with E-state index in [-0.39, 0.29) is 5.69 Å². The van der Waals surface area contributed by atoms with Crippen LogP contribution in [0.5, 0.6) is 0 Å². The van der Waals surface area contributed by atoms with Gasteiger partial charge in [0, 0.05) is 0 Å². The SMILES string of the molecule is COC(=O)Cc1ncc([N+](=O)[O-])c(C(F)F)c1C#N. The molecule has 0 bridgehead atoms. The molecule has 0 amide bonds. The highest BCUT2D eigenvalue weighted by molar-refractivity contribution is 5.73. The van der Waals surface area contributed by atoms with Crippen molar-refractivity contribution in [3.63, 3.8) is 0 Å². The van der Waals surface area contributed by atoms with E-state index >= 15 is 0 Å². The fraction of sp³-hybridized carbons (Fsp3) is 0.300. The van der Waals surface area contributed by atoms with Gasteiger partial charge in [-0.25, -0.2) is 8.78 Å². The number of methoxy groups -OCH3 is 1. The van der Waals surface area contributed by atoms with Crippen molar-refractivity contribution in [2.24, 2.45) is 0 Å². The van der Waals surface area contributed by atoms with Crippen LogP contribution < -0.4 is 0 Å². The van der Waals surface area contributed by atoms with Crippen LogP contribution in [0.2, 0.25) is 0 Å². The van der Waals surface area contributed by atoms with E-state index in [9.17, 15) is 23.7 Å². The first-order valence-electron chi connectivity index (χ1n) is 4.83. The van der Waals surface area contributed by atoms with Crippen LogP contribution in [-0.4, -0.2) is 23.0 Å². The Morgan fingerprint density at radius 2 is 2.32 bits per heavy atom. The summed E-state index contributed by atoms with van der Waals surface area (Å²) >= 11 is 0. The fourth-order valence-electron chi connectivity index (χ4n) is 1.39. The van der Waals surface area contributed by atoms with Crippen LogP contribution in [0.15, 0.2) is 6.20 Å². The molecule has 100 valence electrons. The molecule has 0 aliphatic carbocycles. The van der Waals surface area contributed by atoms with Gasteiger partial charge in [-0.05, 0) is 0 Å². The number of alkyl halides is 2. The normalized spacial score (nSPS) is 10.1. The van der Waals surface area contributed by atoms with E-state index in [0.29, 0.717) is 6.20 Å². The Hall–Kier alpha value is -2.63. The zero-order chi connectivity index (χ0) is 14.6. The summed E-state index contributed by atoms with van der Waals surface area (Å²) in [7, 11) is 1.08. The van der Waals surface area contributed by atoms with Crippen molar-refractivity contribution in [2.75, 3.05) is 7.11 Å². The van der Waals surface area contributed by atoms with Crippen LogP contribution in [0.3, 0.4) is 0 Å².